The molecule has 0 spiro atoms. The van der Waals surface area contributed by atoms with Crippen molar-refractivity contribution in [2.45, 2.75) is 32.4 Å². The van der Waals surface area contributed by atoms with E-state index in [2.05, 4.69) is 31.2 Å². The number of nitrogens with two attached hydrogens (primary N) is 1. The molecule has 3 N–H and O–H groups in total. The summed E-state index contributed by atoms with van der Waals surface area (Å²) in [5.41, 5.74) is 7.72. The number of anilines is 2. The molecule has 0 unspecified atom stereocenters. The summed E-state index contributed by atoms with van der Waals surface area (Å²) >= 11 is 0. The Labute approximate surface area is 130 Å². The highest BCUT2D eigenvalue weighted by Crippen LogP contribution is 2.17. The minimum absolute atomic E-state index is 0.329. The van der Waals surface area contributed by atoms with Crippen LogP contribution in [-0.4, -0.2) is 39.0 Å². The van der Waals surface area contributed by atoms with Gasteiger partial charge < -0.3 is 11.1 Å². The van der Waals surface area contributed by atoms with Gasteiger partial charge in [-0.3, -0.25) is 9.88 Å². The summed E-state index contributed by atoms with van der Waals surface area (Å²) in [5.74, 6) is 1.16. The molecule has 6 heteroatoms. The number of likely N-dealkylation sites (tertiary alicyclic amines) is 1. The van der Waals surface area contributed by atoms with Gasteiger partial charge in [-0.15, -0.1) is 0 Å². The lowest BCUT2D eigenvalue weighted by Crippen LogP contribution is -2.39. The average Bonchev–Trinajstić information content (AvgIpc) is 2.49. The van der Waals surface area contributed by atoms with Crippen LogP contribution in [0.4, 0.5) is 11.8 Å². The molecule has 2 aromatic rings. The second kappa shape index (κ2) is 6.70. The summed E-state index contributed by atoms with van der Waals surface area (Å²) in [6.45, 7) is 4.98. The molecule has 3 heterocycles. The molecule has 3 rings (SSSR count). The fraction of sp³-hybridized carbons (Fsp3) is 0.438. The van der Waals surface area contributed by atoms with Crippen molar-refractivity contribution < 1.29 is 0 Å². The van der Waals surface area contributed by atoms with E-state index in [1.54, 1.807) is 0 Å². The first-order chi connectivity index (χ1) is 10.7. The molecule has 22 heavy (non-hydrogen) atoms. The lowest BCUT2D eigenvalue weighted by molar-refractivity contribution is 0.209. The van der Waals surface area contributed by atoms with Crippen molar-refractivity contribution in [3.05, 3.63) is 41.9 Å². The van der Waals surface area contributed by atoms with E-state index < -0.39 is 0 Å². The minimum atomic E-state index is 0.329. The molecular weight excluding hydrogens is 276 g/mol. The molecule has 0 bridgehead atoms. The van der Waals surface area contributed by atoms with E-state index >= 15 is 0 Å². The molecule has 0 saturated carbocycles. The van der Waals surface area contributed by atoms with Gasteiger partial charge in [0.2, 0.25) is 5.95 Å². The molecule has 0 aliphatic carbocycles. The Hall–Kier alpha value is -2.21. The van der Waals surface area contributed by atoms with Gasteiger partial charge in [0.05, 0.1) is 5.69 Å². The van der Waals surface area contributed by atoms with Crippen molar-refractivity contribution in [1.29, 1.82) is 0 Å². The molecule has 1 aliphatic heterocycles. The number of aromatic nitrogens is 3. The summed E-state index contributed by atoms with van der Waals surface area (Å²) in [6.07, 6.45) is 4.04. The molecule has 1 fully saturated rings. The Balaban J connectivity index is 1.51. The third-order valence-electron chi connectivity index (χ3n) is 3.92. The fourth-order valence-electron chi connectivity index (χ4n) is 2.83. The monoisotopic (exact) mass is 298 g/mol. The highest BCUT2D eigenvalue weighted by atomic mass is 15.2. The third kappa shape index (κ3) is 3.92. The summed E-state index contributed by atoms with van der Waals surface area (Å²) in [6, 6.07) is 8.45. The highest BCUT2D eigenvalue weighted by molar-refractivity contribution is 5.41. The van der Waals surface area contributed by atoms with Gasteiger partial charge in [-0.2, -0.15) is 4.98 Å². The van der Waals surface area contributed by atoms with Gasteiger partial charge in [-0.1, -0.05) is 6.07 Å². The number of rotatable bonds is 4. The number of nitrogens with one attached hydrogen (secondary N) is 1. The maximum absolute atomic E-state index is 5.70. The molecule has 0 aromatic carbocycles. The number of pyridine rings is 1. The Morgan fingerprint density at radius 1 is 1.27 bits per heavy atom. The van der Waals surface area contributed by atoms with Crippen molar-refractivity contribution in [2.75, 3.05) is 24.1 Å². The van der Waals surface area contributed by atoms with Crippen LogP contribution < -0.4 is 11.1 Å². The second-order valence-corrected chi connectivity index (χ2v) is 5.77. The number of piperidine rings is 1. The van der Waals surface area contributed by atoms with Crippen molar-refractivity contribution in [1.82, 2.24) is 19.9 Å². The Morgan fingerprint density at radius 3 is 2.77 bits per heavy atom. The SMILES string of the molecule is Cc1cc(NC2CCN(Cc3ccccn3)CC2)nc(N)n1. The topological polar surface area (TPSA) is 80.0 Å². The zero-order valence-electron chi connectivity index (χ0n) is 12.9. The summed E-state index contributed by atoms with van der Waals surface area (Å²) in [7, 11) is 0. The van der Waals surface area contributed by atoms with Crippen molar-refractivity contribution >= 4 is 11.8 Å². The van der Waals surface area contributed by atoms with E-state index in [1.165, 1.54) is 0 Å². The van der Waals surface area contributed by atoms with E-state index in [0.29, 0.717) is 12.0 Å². The molecule has 0 radical (unpaired) electrons. The molecule has 0 amide bonds. The molecule has 6 nitrogen and oxygen atoms in total. The average molecular weight is 298 g/mol. The standard InChI is InChI=1S/C16H22N6/c1-12-10-15(21-16(17)19-12)20-13-5-8-22(9-6-13)11-14-4-2-3-7-18-14/h2-4,7,10,13H,5-6,8-9,11H2,1H3,(H3,17,19,20,21). The normalized spacial score (nSPS) is 16.6. The van der Waals surface area contributed by atoms with E-state index in [4.69, 9.17) is 5.73 Å². The van der Waals surface area contributed by atoms with Crippen LogP contribution in [0.25, 0.3) is 0 Å². The minimum Gasteiger partial charge on any atom is -0.368 e. The molecule has 0 atom stereocenters. The smallest absolute Gasteiger partial charge is 0.222 e. The maximum Gasteiger partial charge on any atom is 0.222 e. The lowest BCUT2D eigenvalue weighted by atomic mass is 10.0. The van der Waals surface area contributed by atoms with Crippen molar-refractivity contribution in [3.63, 3.8) is 0 Å². The summed E-state index contributed by atoms with van der Waals surface area (Å²) in [4.78, 5) is 15.2. The first-order valence-electron chi connectivity index (χ1n) is 7.69. The van der Waals surface area contributed by atoms with Crippen LogP contribution in [0, 0.1) is 6.92 Å². The van der Waals surface area contributed by atoms with Gasteiger partial charge in [0.15, 0.2) is 0 Å². The van der Waals surface area contributed by atoms with Gasteiger partial charge in [-0.25, -0.2) is 4.98 Å². The number of hydrogen-bond donors (Lipinski definition) is 2. The second-order valence-electron chi connectivity index (χ2n) is 5.77. The van der Waals surface area contributed by atoms with Gasteiger partial charge in [0.1, 0.15) is 5.82 Å². The van der Waals surface area contributed by atoms with Crippen LogP contribution in [-0.2, 0) is 6.54 Å². The summed E-state index contributed by atoms with van der Waals surface area (Å²) in [5, 5.41) is 3.47. The number of nitrogen functional groups attached to an aromatic ring is 1. The van der Waals surface area contributed by atoms with Crippen molar-refractivity contribution in [2.24, 2.45) is 0 Å². The Morgan fingerprint density at radius 2 is 2.09 bits per heavy atom. The number of nitrogens with zero attached hydrogens (tertiary/aromatic N) is 4. The van der Waals surface area contributed by atoms with Gasteiger partial charge in [0, 0.05) is 43.6 Å². The van der Waals surface area contributed by atoms with E-state index in [9.17, 15) is 0 Å². The Bertz CT molecular complexity index is 587. The lowest BCUT2D eigenvalue weighted by Gasteiger charge is -2.32. The fourth-order valence-corrected chi connectivity index (χ4v) is 2.83. The Kier molecular flexibility index (Phi) is 4.48. The van der Waals surface area contributed by atoms with Crippen LogP contribution in [0.1, 0.15) is 24.2 Å². The van der Waals surface area contributed by atoms with E-state index in [0.717, 1.165) is 49.7 Å². The van der Waals surface area contributed by atoms with Gasteiger partial charge in [-0.05, 0) is 31.9 Å². The molecule has 1 aliphatic rings. The van der Waals surface area contributed by atoms with E-state index in [-0.39, 0.29) is 0 Å². The van der Waals surface area contributed by atoms with Crippen LogP contribution in [0.5, 0.6) is 0 Å². The first-order valence-corrected chi connectivity index (χ1v) is 7.69. The molecule has 116 valence electrons. The number of hydrogen-bond acceptors (Lipinski definition) is 6. The predicted octanol–water partition coefficient (Wildman–Crippen LogP) is 1.84. The molecule has 2 aromatic heterocycles. The molecule has 1 saturated heterocycles. The predicted molar refractivity (Wildman–Crippen MR) is 87.3 cm³/mol. The van der Waals surface area contributed by atoms with Crippen LogP contribution >= 0.6 is 0 Å². The van der Waals surface area contributed by atoms with Gasteiger partial charge >= 0.3 is 0 Å². The zero-order valence-corrected chi connectivity index (χ0v) is 12.9. The van der Waals surface area contributed by atoms with E-state index in [1.807, 2.05) is 31.3 Å². The van der Waals surface area contributed by atoms with Crippen LogP contribution in [0.2, 0.25) is 0 Å². The van der Waals surface area contributed by atoms with Crippen LogP contribution in [0.3, 0.4) is 0 Å². The maximum atomic E-state index is 5.70. The number of aryl methyl sites for hydroxylation is 1. The zero-order chi connectivity index (χ0) is 15.4. The van der Waals surface area contributed by atoms with Gasteiger partial charge in [0.25, 0.3) is 0 Å². The highest BCUT2D eigenvalue weighted by Gasteiger charge is 2.19. The van der Waals surface area contributed by atoms with Crippen LogP contribution in [0.15, 0.2) is 30.5 Å². The largest absolute Gasteiger partial charge is 0.368 e. The quantitative estimate of drug-likeness (QED) is 0.896. The first kappa shape index (κ1) is 14.7. The summed E-state index contributed by atoms with van der Waals surface area (Å²) < 4.78 is 0. The molecular formula is C16H22N6. The third-order valence-corrected chi connectivity index (χ3v) is 3.92. The van der Waals surface area contributed by atoms with Crippen molar-refractivity contribution in [3.8, 4) is 0 Å².